The van der Waals surface area contributed by atoms with E-state index in [1.54, 1.807) is 0 Å². The number of carbonyl (C=O) groups excluding carboxylic acids is 4. The van der Waals surface area contributed by atoms with Crippen LogP contribution in [0, 0.1) is 17.8 Å². The van der Waals surface area contributed by atoms with Gasteiger partial charge in [-0.15, -0.1) is 0 Å². The van der Waals surface area contributed by atoms with Gasteiger partial charge in [-0.1, -0.05) is 275 Å². The van der Waals surface area contributed by atoms with Crippen molar-refractivity contribution in [3.8, 4) is 33.6 Å². The Morgan fingerprint density at radius 1 is 0.462 bits per heavy atom. The number of piperidine rings is 1. The number of Topliss-reactive ketones (excluding diaryl/α,β-unsaturated/α-hetero) is 1. The van der Waals surface area contributed by atoms with Crippen LogP contribution in [0.1, 0.15) is 133 Å². The molecule has 3 aliphatic carbocycles. The van der Waals surface area contributed by atoms with Gasteiger partial charge in [-0.2, -0.15) is 0 Å². The number of esters is 1. The number of fused-ring (bicyclic) bond motifs is 7. The number of benzene rings is 10. The molecule has 12 aromatic rings. The first-order valence-electron chi connectivity index (χ1n) is 37.0. The molecule has 16 rings (SSSR count). The van der Waals surface area contributed by atoms with Gasteiger partial charge in [-0.3, -0.25) is 19.2 Å². The molecule has 3 heterocycles. The second-order valence-electron chi connectivity index (χ2n) is 28.0. The van der Waals surface area contributed by atoms with Crippen molar-refractivity contribution < 1.29 is 23.9 Å². The van der Waals surface area contributed by atoms with Gasteiger partial charge in [-0.25, -0.2) is 9.97 Å². The predicted octanol–water partition coefficient (Wildman–Crippen LogP) is 18.7. The minimum atomic E-state index is -0.673. The van der Waals surface area contributed by atoms with E-state index >= 15 is 0 Å². The number of allylic oxidation sites excluding steroid dienone is 2. The second-order valence-corrected chi connectivity index (χ2v) is 28.0. The minimum Gasteiger partial charge on any atom is -0.465 e. The lowest BCUT2D eigenvalue weighted by molar-refractivity contribution is -0.147. The van der Waals surface area contributed by atoms with Crippen LogP contribution in [0.25, 0.3) is 66.3 Å². The highest BCUT2D eigenvalue weighted by Crippen LogP contribution is 2.45. The number of H-pyrrole nitrogens is 2. The largest absolute Gasteiger partial charge is 0.465 e. The first-order valence-corrected chi connectivity index (χ1v) is 37.0. The highest BCUT2D eigenvalue weighted by atomic mass is 16.5. The molecule has 5 N–H and O–H groups in total. The first kappa shape index (κ1) is 69.7. The molecule has 12 heteroatoms. The van der Waals surface area contributed by atoms with E-state index in [-0.39, 0.29) is 54.9 Å². The number of aromatic nitrogens is 4. The molecule has 4 aliphatic rings. The number of ether oxygens (including phenoxy) is 1. The normalized spacial score (nSPS) is 14.7. The summed E-state index contributed by atoms with van der Waals surface area (Å²) in [6.45, 7) is 6.15. The maximum atomic E-state index is 14.6. The van der Waals surface area contributed by atoms with Crippen LogP contribution in [-0.2, 0) is 49.6 Å². The summed E-state index contributed by atoms with van der Waals surface area (Å²) in [5, 5.41) is 14.6. The summed E-state index contributed by atoms with van der Waals surface area (Å²) in [5.41, 5.74) is 17.9. The summed E-state index contributed by atoms with van der Waals surface area (Å²) < 4.78 is 6.07. The second kappa shape index (κ2) is 33.2. The Labute approximate surface area is 609 Å². The maximum absolute atomic E-state index is 14.6. The van der Waals surface area contributed by atoms with E-state index in [9.17, 15) is 19.2 Å². The fourth-order valence-corrected chi connectivity index (χ4v) is 15.3. The molecule has 12 nitrogen and oxygen atoms in total. The van der Waals surface area contributed by atoms with Crippen molar-refractivity contribution in [1.29, 1.82) is 0 Å². The third kappa shape index (κ3) is 16.6. The van der Waals surface area contributed by atoms with Crippen molar-refractivity contribution in [3.05, 3.63) is 323 Å². The first-order chi connectivity index (χ1) is 51.1. The smallest absolute Gasteiger partial charge is 0.306 e. The minimum absolute atomic E-state index is 0.00241. The molecule has 104 heavy (non-hydrogen) atoms. The van der Waals surface area contributed by atoms with Gasteiger partial charge < -0.3 is 30.7 Å². The molecule has 0 spiro atoms. The summed E-state index contributed by atoms with van der Waals surface area (Å²) in [6, 6.07) is 81.8. The zero-order valence-electron chi connectivity index (χ0n) is 59.2. The van der Waals surface area contributed by atoms with Crippen LogP contribution in [0.2, 0.25) is 0 Å². The van der Waals surface area contributed by atoms with E-state index < -0.39 is 23.8 Å². The topological polar surface area (TPSA) is 171 Å². The molecule has 0 radical (unpaired) electrons. The third-order valence-electron chi connectivity index (χ3n) is 20.7. The maximum Gasteiger partial charge on any atom is 0.306 e. The van der Waals surface area contributed by atoms with Crippen LogP contribution in [0.5, 0.6) is 0 Å². The number of hydrogen-bond donors (Lipinski definition) is 5. The zero-order valence-corrected chi connectivity index (χ0v) is 59.2. The zero-order chi connectivity index (χ0) is 71.1. The highest BCUT2D eigenvalue weighted by Gasteiger charge is 2.34. The average molecular weight is 1370 g/mol. The Kier molecular flexibility index (Phi) is 22.3. The number of rotatable bonds is 23. The molecule has 2 amide bonds. The molecule has 0 bridgehead atoms. The summed E-state index contributed by atoms with van der Waals surface area (Å²) in [6.07, 6.45) is 15.0. The van der Waals surface area contributed by atoms with Crippen molar-refractivity contribution in [2.24, 2.45) is 17.8 Å². The van der Waals surface area contributed by atoms with E-state index in [4.69, 9.17) is 14.7 Å². The molecule has 1 saturated heterocycles. The van der Waals surface area contributed by atoms with Gasteiger partial charge in [-0.05, 0) is 151 Å². The number of ketones is 1. The van der Waals surface area contributed by atoms with Gasteiger partial charge in [0.05, 0.1) is 48.2 Å². The number of nitrogens with one attached hydrogen (secondary N) is 5. The van der Waals surface area contributed by atoms with E-state index in [2.05, 4.69) is 185 Å². The van der Waals surface area contributed by atoms with Crippen molar-refractivity contribution in [2.45, 2.75) is 102 Å². The van der Waals surface area contributed by atoms with Crippen LogP contribution < -0.4 is 16.0 Å². The van der Waals surface area contributed by atoms with Gasteiger partial charge in [0.1, 0.15) is 24.0 Å². The van der Waals surface area contributed by atoms with Gasteiger partial charge in [0.25, 0.3) is 0 Å². The van der Waals surface area contributed by atoms with Crippen LogP contribution >= 0.6 is 0 Å². The quantitative estimate of drug-likeness (QED) is 0.0394. The molecule has 0 unspecified atom stereocenters. The number of amides is 2. The Morgan fingerprint density at radius 3 is 1.36 bits per heavy atom. The van der Waals surface area contributed by atoms with Crippen molar-refractivity contribution >= 4 is 56.3 Å². The lowest BCUT2D eigenvalue weighted by Crippen LogP contribution is -2.38. The predicted molar refractivity (Wildman–Crippen MR) is 418 cm³/mol. The number of nitrogens with zero attached hydrogens (tertiary/aromatic N) is 2. The number of carbonyl (C=O) groups is 4. The third-order valence-corrected chi connectivity index (χ3v) is 20.7. The lowest BCUT2D eigenvalue weighted by atomic mass is 9.85. The van der Waals surface area contributed by atoms with Gasteiger partial charge in [0.15, 0.2) is 0 Å². The summed E-state index contributed by atoms with van der Waals surface area (Å²) >= 11 is 0. The number of hydrogen-bond acceptors (Lipinski definition) is 8. The highest BCUT2D eigenvalue weighted by molar-refractivity contribution is 5.90. The monoisotopic (exact) mass is 1370 g/mol. The number of aromatic amines is 2. The van der Waals surface area contributed by atoms with Crippen LogP contribution in [0.4, 0.5) is 0 Å². The van der Waals surface area contributed by atoms with Crippen LogP contribution in [-0.4, -0.2) is 63.2 Å². The molecular weight excluding hydrogens is 1280 g/mol. The lowest BCUT2D eigenvalue weighted by Gasteiger charge is -2.25. The van der Waals surface area contributed by atoms with E-state index in [1.807, 2.05) is 122 Å². The van der Waals surface area contributed by atoms with E-state index in [1.165, 1.54) is 50.9 Å². The Hall–Kier alpha value is -11.3. The van der Waals surface area contributed by atoms with Crippen LogP contribution in [0.15, 0.2) is 267 Å². The molecule has 1 aliphatic heterocycles. The summed E-state index contributed by atoms with van der Waals surface area (Å²) in [5.74, 6) is -0.355. The Balaban J connectivity index is 0.000000172. The van der Waals surface area contributed by atoms with Crippen molar-refractivity contribution in [2.75, 3.05) is 19.7 Å². The average Bonchev–Trinajstić information content (AvgIpc) is 1.61. The molecule has 4 atom stereocenters. The molecule has 1 fully saturated rings. The SMILES string of the molecule is CCC.O=C(C[C@H](Cc1ccc2ccccc2c1)C(=O)N[C@H](CC1=CCc2ccccc21)c1ncc(-c2ccccc2)[nH]1)C1CCNCC1.O=C(C[C@H](Cc1ccc2ccccc2c1)C(=O)N[C@H](CC1=CCc2ccccc21)c1ncc(-c2ccccc2)[nH]1)OCC1c2ccccc2-c2ccccc21. The van der Waals surface area contributed by atoms with Gasteiger partial charge >= 0.3 is 5.97 Å². The molecule has 10 aromatic carbocycles. The Bertz CT molecular complexity index is 5020. The Morgan fingerprint density at radius 2 is 0.875 bits per heavy atom. The summed E-state index contributed by atoms with van der Waals surface area (Å²) in [4.78, 5) is 73.1. The van der Waals surface area contributed by atoms with Crippen molar-refractivity contribution in [1.82, 2.24) is 35.9 Å². The van der Waals surface area contributed by atoms with Gasteiger partial charge in [0, 0.05) is 37.0 Å². The van der Waals surface area contributed by atoms with E-state index in [0.717, 1.165) is 105 Å². The summed E-state index contributed by atoms with van der Waals surface area (Å²) in [7, 11) is 0. The number of imidazole rings is 2. The molecule has 522 valence electrons. The van der Waals surface area contributed by atoms with Gasteiger partial charge in [0.2, 0.25) is 11.8 Å². The van der Waals surface area contributed by atoms with Crippen molar-refractivity contribution in [3.63, 3.8) is 0 Å². The van der Waals surface area contributed by atoms with E-state index in [0.29, 0.717) is 37.3 Å². The fraction of sp³-hybridized carbons (Fsp3) is 0.239. The molecular formula is C92H89N7O5. The standard InChI is InChI=1S/C49H41N3O3.C40H40N4O2.C3H8/c53-47(55-31-44-42-20-10-8-18-40(42)41-19-9-11-21-43(41)44)29-38(27-32-22-23-33-12-4-5-16-36(33)26-32)49(54)52-45(28-37-25-24-34-13-6-7-17-39(34)37)48-50-30-46(51-48)35-14-2-1-3-15-35;45-38(31-18-20-41-21-19-31)25-34(23-27-14-15-28-8-4-5-12-32(28)22-27)40(46)44-36(24-33-17-16-29-9-6-7-13-35(29)33)39-42-26-37(43-39)30-10-2-1-3-11-30;1-3-2/h1-23,25-26,30,38,44-45H,24,27-29,31H2,(H,50,51)(H,52,54);1-15,17,22,26,31,34,36,41H,16,18-21,23-25H2,(H,42,43)(H,44,46);3H2,1-2H3/t38-,45+;34-,36+;/m00./s1. The molecule has 0 saturated carbocycles. The fourth-order valence-electron chi connectivity index (χ4n) is 15.3. The molecule has 2 aromatic heterocycles. The van der Waals surface area contributed by atoms with Crippen LogP contribution in [0.3, 0.4) is 0 Å².